The molecule has 1 fully saturated rings. The summed E-state index contributed by atoms with van der Waals surface area (Å²) in [6.07, 6.45) is 3.09. The zero-order valence-electron chi connectivity index (χ0n) is 13.5. The standard InChI is InChI=1S/C19H17FN2O3/c20-14-5-2-12-10-17(16(12)11-14)21-18(23)19(8-1-9-19)13-3-6-15(7-4-13)22(24)25/h2-7,11,17H,1,8-10H2,(H,21,23). The van der Waals surface area contributed by atoms with Crippen molar-refractivity contribution >= 4 is 11.6 Å². The van der Waals surface area contributed by atoms with Gasteiger partial charge in [-0.05, 0) is 48.1 Å². The van der Waals surface area contributed by atoms with Crippen LogP contribution < -0.4 is 5.32 Å². The minimum atomic E-state index is -0.627. The second kappa shape index (κ2) is 5.65. The largest absolute Gasteiger partial charge is 0.348 e. The number of carbonyl (C=O) groups excluding carboxylic acids is 1. The van der Waals surface area contributed by atoms with Crippen LogP contribution in [0.5, 0.6) is 0 Å². The van der Waals surface area contributed by atoms with Gasteiger partial charge in [-0.25, -0.2) is 4.39 Å². The third-order valence-electron chi connectivity index (χ3n) is 5.49. The summed E-state index contributed by atoms with van der Waals surface area (Å²) in [5.74, 6) is -0.376. The average Bonchev–Trinajstić information content (AvgIpc) is 2.54. The van der Waals surface area contributed by atoms with Gasteiger partial charge in [-0.15, -0.1) is 0 Å². The molecule has 0 radical (unpaired) electrons. The van der Waals surface area contributed by atoms with Crippen LogP contribution in [0.15, 0.2) is 42.5 Å². The lowest BCUT2D eigenvalue weighted by Crippen LogP contribution is -2.51. The molecule has 0 bridgehead atoms. The number of rotatable bonds is 4. The van der Waals surface area contributed by atoms with Crippen LogP contribution in [-0.2, 0) is 16.6 Å². The Morgan fingerprint density at radius 1 is 1.20 bits per heavy atom. The van der Waals surface area contributed by atoms with Crippen LogP contribution in [0.4, 0.5) is 10.1 Å². The Balaban J connectivity index is 1.54. The van der Waals surface area contributed by atoms with Gasteiger partial charge in [0.05, 0.1) is 16.4 Å². The number of fused-ring (bicyclic) bond motifs is 1. The normalized spacial score (nSPS) is 20.0. The summed E-state index contributed by atoms with van der Waals surface area (Å²) in [6, 6.07) is 10.7. The number of carbonyl (C=O) groups is 1. The molecule has 1 N–H and O–H groups in total. The molecule has 6 heteroatoms. The van der Waals surface area contributed by atoms with E-state index in [0.717, 1.165) is 36.0 Å². The molecule has 0 saturated heterocycles. The van der Waals surface area contributed by atoms with Crippen molar-refractivity contribution in [2.24, 2.45) is 0 Å². The second-order valence-electron chi connectivity index (χ2n) is 6.81. The highest BCUT2D eigenvalue weighted by molar-refractivity contribution is 5.90. The molecule has 25 heavy (non-hydrogen) atoms. The fraction of sp³-hybridized carbons (Fsp3) is 0.316. The van der Waals surface area contributed by atoms with Gasteiger partial charge in [0.2, 0.25) is 5.91 Å². The first-order chi connectivity index (χ1) is 12.0. The summed E-state index contributed by atoms with van der Waals surface area (Å²) >= 11 is 0. The first-order valence-electron chi connectivity index (χ1n) is 8.34. The Bertz CT molecular complexity index is 859. The van der Waals surface area contributed by atoms with Crippen LogP contribution in [-0.4, -0.2) is 10.8 Å². The molecule has 1 unspecified atom stereocenters. The summed E-state index contributed by atoms with van der Waals surface area (Å²) in [5.41, 5.74) is 2.09. The van der Waals surface area contributed by atoms with Crippen LogP contribution >= 0.6 is 0 Å². The second-order valence-corrected chi connectivity index (χ2v) is 6.81. The summed E-state index contributed by atoms with van der Waals surface area (Å²) in [7, 11) is 0. The van der Waals surface area contributed by atoms with Gasteiger partial charge in [0, 0.05) is 12.1 Å². The van der Waals surface area contributed by atoms with Crippen LogP contribution in [0.1, 0.15) is 42.0 Å². The molecule has 4 rings (SSSR count). The summed E-state index contributed by atoms with van der Waals surface area (Å²) in [5, 5.41) is 13.9. The predicted octanol–water partition coefficient (Wildman–Crippen LogP) is 3.57. The third kappa shape index (κ3) is 2.49. The maximum absolute atomic E-state index is 13.4. The van der Waals surface area contributed by atoms with Crippen molar-refractivity contribution in [1.82, 2.24) is 5.32 Å². The molecule has 128 valence electrons. The number of non-ortho nitro benzene ring substituents is 1. The van der Waals surface area contributed by atoms with Gasteiger partial charge in [-0.3, -0.25) is 14.9 Å². The first kappa shape index (κ1) is 15.7. The smallest absolute Gasteiger partial charge is 0.269 e. The topological polar surface area (TPSA) is 72.2 Å². The predicted molar refractivity (Wildman–Crippen MR) is 89.6 cm³/mol. The molecule has 0 aromatic heterocycles. The molecule has 0 aliphatic heterocycles. The average molecular weight is 340 g/mol. The molecule has 2 aliphatic carbocycles. The summed E-state index contributed by atoms with van der Waals surface area (Å²) in [6.45, 7) is 0. The highest BCUT2D eigenvalue weighted by Crippen LogP contribution is 2.45. The molecule has 2 aromatic carbocycles. The quantitative estimate of drug-likeness (QED) is 0.683. The maximum atomic E-state index is 13.4. The van der Waals surface area contributed by atoms with Gasteiger partial charge in [0.1, 0.15) is 5.82 Å². The summed E-state index contributed by atoms with van der Waals surface area (Å²) in [4.78, 5) is 23.3. The van der Waals surface area contributed by atoms with Crippen LogP contribution in [0.3, 0.4) is 0 Å². The number of nitro benzene ring substituents is 1. The van der Waals surface area contributed by atoms with E-state index in [0.29, 0.717) is 6.42 Å². The SMILES string of the molecule is O=C(NC1Cc2ccc(F)cc21)C1(c2ccc([N+](=O)[O-])cc2)CCC1. The van der Waals surface area contributed by atoms with E-state index >= 15 is 0 Å². The van der Waals surface area contributed by atoms with Crippen molar-refractivity contribution in [3.8, 4) is 0 Å². The number of amides is 1. The molecule has 0 heterocycles. The molecular weight excluding hydrogens is 323 g/mol. The molecule has 1 atom stereocenters. The van der Waals surface area contributed by atoms with Gasteiger partial charge in [0.25, 0.3) is 5.69 Å². The monoisotopic (exact) mass is 340 g/mol. The number of halogens is 1. The Hall–Kier alpha value is -2.76. The minimum absolute atomic E-state index is 0.0158. The van der Waals surface area contributed by atoms with Crippen LogP contribution in [0.25, 0.3) is 0 Å². The Labute approximate surface area is 144 Å². The van der Waals surface area contributed by atoms with E-state index in [2.05, 4.69) is 5.32 Å². The fourth-order valence-electron chi connectivity index (χ4n) is 3.78. The zero-order chi connectivity index (χ0) is 17.6. The van der Waals surface area contributed by atoms with E-state index in [9.17, 15) is 19.3 Å². The molecule has 1 saturated carbocycles. The number of hydrogen-bond donors (Lipinski definition) is 1. The molecule has 2 aromatic rings. The van der Waals surface area contributed by atoms with Gasteiger partial charge in [0.15, 0.2) is 0 Å². The zero-order valence-corrected chi connectivity index (χ0v) is 13.5. The number of nitrogens with zero attached hydrogens (tertiary/aromatic N) is 1. The Kier molecular flexibility index (Phi) is 3.56. The van der Waals surface area contributed by atoms with Crippen molar-refractivity contribution < 1.29 is 14.1 Å². The molecular formula is C19H17FN2O3. The summed E-state index contributed by atoms with van der Waals surface area (Å²) < 4.78 is 13.4. The van der Waals surface area contributed by atoms with Crippen LogP contribution in [0.2, 0.25) is 0 Å². The molecule has 5 nitrogen and oxygen atoms in total. The minimum Gasteiger partial charge on any atom is -0.348 e. The van der Waals surface area contributed by atoms with E-state index in [1.165, 1.54) is 24.3 Å². The van der Waals surface area contributed by atoms with E-state index in [-0.39, 0.29) is 23.5 Å². The fourth-order valence-corrected chi connectivity index (χ4v) is 3.78. The van der Waals surface area contributed by atoms with Crippen molar-refractivity contribution in [2.45, 2.75) is 37.1 Å². The van der Waals surface area contributed by atoms with Crippen LogP contribution in [0, 0.1) is 15.9 Å². The maximum Gasteiger partial charge on any atom is 0.269 e. The number of nitro groups is 1. The van der Waals surface area contributed by atoms with Crippen molar-refractivity contribution in [3.63, 3.8) is 0 Å². The van der Waals surface area contributed by atoms with Gasteiger partial charge >= 0.3 is 0 Å². The number of hydrogen-bond acceptors (Lipinski definition) is 3. The Morgan fingerprint density at radius 3 is 2.52 bits per heavy atom. The number of nitrogens with one attached hydrogen (secondary N) is 1. The Morgan fingerprint density at radius 2 is 1.92 bits per heavy atom. The first-order valence-corrected chi connectivity index (χ1v) is 8.34. The van der Waals surface area contributed by atoms with E-state index in [1.807, 2.05) is 0 Å². The lowest BCUT2D eigenvalue weighted by atomic mass is 9.63. The van der Waals surface area contributed by atoms with Crippen molar-refractivity contribution in [3.05, 3.63) is 75.1 Å². The highest BCUT2D eigenvalue weighted by Gasteiger charge is 2.47. The van der Waals surface area contributed by atoms with Crippen molar-refractivity contribution in [1.29, 1.82) is 0 Å². The molecule has 1 amide bonds. The molecule has 0 spiro atoms. The highest BCUT2D eigenvalue weighted by atomic mass is 19.1. The van der Waals surface area contributed by atoms with Crippen molar-refractivity contribution in [2.75, 3.05) is 0 Å². The van der Waals surface area contributed by atoms with Gasteiger partial charge in [-0.2, -0.15) is 0 Å². The lowest BCUT2D eigenvalue weighted by Gasteiger charge is -2.43. The third-order valence-corrected chi connectivity index (χ3v) is 5.49. The van der Waals surface area contributed by atoms with E-state index in [1.54, 1.807) is 18.2 Å². The van der Waals surface area contributed by atoms with E-state index in [4.69, 9.17) is 0 Å². The number of benzene rings is 2. The van der Waals surface area contributed by atoms with E-state index < -0.39 is 10.3 Å². The van der Waals surface area contributed by atoms with Gasteiger partial charge < -0.3 is 5.32 Å². The van der Waals surface area contributed by atoms with Gasteiger partial charge in [-0.1, -0.05) is 24.6 Å². The lowest BCUT2D eigenvalue weighted by molar-refractivity contribution is -0.384. The molecule has 2 aliphatic rings.